The van der Waals surface area contributed by atoms with Crippen molar-refractivity contribution >= 4 is 17.6 Å². The average molecular weight is 249 g/mol. The second kappa shape index (κ2) is 4.59. The largest absolute Gasteiger partial charge is 0.295 e. The van der Waals surface area contributed by atoms with Gasteiger partial charge in [-0.3, -0.25) is 20.0 Å². The van der Waals surface area contributed by atoms with E-state index in [2.05, 4.69) is 20.4 Å². The molecular weight excluding hydrogens is 234 g/mol. The lowest BCUT2D eigenvalue weighted by atomic mass is 10.1. The van der Waals surface area contributed by atoms with Crippen LogP contribution in [0.2, 0.25) is 0 Å². The van der Waals surface area contributed by atoms with Gasteiger partial charge in [-0.15, -0.1) is 0 Å². The van der Waals surface area contributed by atoms with E-state index in [1.165, 1.54) is 10.6 Å². The van der Waals surface area contributed by atoms with Crippen LogP contribution in [0.4, 0.5) is 5.95 Å². The fraction of sp³-hybridized carbons (Fsp3) is 0.455. The molecule has 96 valence electrons. The second-order valence-corrected chi connectivity index (χ2v) is 4.28. The third kappa shape index (κ3) is 2.24. The summed E-state index contributed by atoms with van der Waals surface area (Å²) in [7, 11) is 0. The first-order chi connectivity index (χ1) is 8.51. The summed E-state index contributed by atoms with van der Waals surface area (Å²) in [5, 5.41) is 5.25. The number of hydrogen-bond donors (Lipinski definition) is 2. The summed E-state index contributed by atoms with van der Waals surface area (Å²) in [5.41, 5.74) is 0.438. The zero-order chi connectivity index (χ0) is 13.3. The van der Waals surface area contributed by atoms with Crippen LogP contribution in [-0.2, 0) is 4.79 Å². The lowest BCUT2D eigenvalue weighted by molar-refractivity contribution is -0.115. The summed E-state index contributed by atoms with van der Waals surface area (Å²) in [6, 6.07) is 1.46. The molecule has 0 aliphatic rings. The number of aromatic amines is 1. The first-order valence-corrected chi connectivity index (χ1v) is 5.80. The summed E-state index contributed by atoms with van der Waals surface area (Å²) in [6.45, 7) is 5.63. The molecule has 0 unspecified atom stereocenters. The standard InChI is InChI=1S/C11H15N5O2/c1-4-8(17)13-10-14-11-12-7(6(2)3)5-9(18)16(11)15-10/h5-6H,4H2,1-3H3,(H2,12,13,14,15,17). The van der Waals surface area contributed by atoms with Crippen molar-refractivity contribution in [1.29, 1.82) is 0 Å². The highest BCUT2D eigenvalue weighted by molar-refractivity contribution is 5.88. The molecule has 1 amide bonds. The molecule has 0 aromatic carbocycles. The van der Waals surface area contributed by atoms with Gasteiger partial charge in [-0.1, -0.05) is 20.8 Å². The average Bonchev–Trinajstić information content (AvgIpc) is 2.71. The Bertz CT molecular complexity index is 640. The quantitative estimate of drug-likeness (QED) is 0.844. The molecule has 2 aromatic heterocycles. The van der Waals surface area contributed by atoms with Gasteiger partial charge >= 0.3 is 0 Å². The molecule has 0 aliphatic carbocycles. The number of aromatic nitrogens is 4. The van der Waals surface area contributed by atoms with Crippen molar-refractivity contribution in [2.75, 3.05) is 5.32 Å². The number of fused-ring (bicyclic) bond motifs is 1. The van der Waals surface area contributed by atoms with Crippen LogP contribution < -0.4 is 10.9 Å². The Morgan fingerprint density at radius 2 is 2.22 bits per heavy atom. The molecule has 2 heterocycles. The van der Waals surface area contributed by atoms with Gasteiger partial charge in [0.2, 0.25) is 11.9 Å². The van der Waals surface area contributed by atoms with Crippen molar-refractivity contribution in [3.8, 4) is 0 Å². The highest BCUT2D eigenvalue weighted by Crippen LogP contribution is 2.10. The van der Waals surface area contributed by atoms with Crippen molar-refractivity contribution in [2.45, 2.75) is 33.1 Å². The Labute approximate surface area is 103 Å². The number of H-pyrrole nitrogens is 1. The Balaban J connectivity index is 2.48. The molecule has 0 aliphatic heterocycles. The van der Waals surface area contributed by atoms with Crippen LogP contribution in [-0.4, -0.2) is 25.5 Å². The van der Waals surface area contributed by atoms with E-state index in [-0.39, 0.29) is 29.1 Å². The first-order valence-electron chi connectivity index (χ1n) is 5.80. The van der Waals surface area contributed by atoms with Crippen LogP contribution in [0.1, 0.15) is 38.8 Å². The van der Waals surface area contributed by atoms with Gasteiger partial charge in [-0.05, 0) is 5.92 Å². The Hall–Kier alpha value is -2.18. The molecule has 2 N–H and O–H groups in total. The molecule has 0 saturated carbocycles. The molecule has 0 atom stereocenters. The number of anilines is 1. The predicted molar refractivity (Wildman–Crippen MR) is 66.6 cm³/mol. The number of hydrogen-bond acceptors (Lipinski definition) is 4. The van der Waals surface area contributed by atoms with E-state index in [4.69, 9.17) is 0 Å². The normalized spacial score (nSPS) is 11.1. The highest BCUT2D eigenvalue weighted by Gasteiger charge is 2.10. The fourth-order valence-electron chi connectivity index (χ4n) is 1.47. The van der Waals surface area contributed by atoms with Crippen molar-refractivity contribution < 1.29 is 4.79 Å². The lowest BCUT2D eigenvalue weighted by Crippen LogP contribution is -2.16. The number of carbonyl (C=O) groups is 1. The third-order valence-corrected chi connectivity index (χ3v) is 2.52. The van der Waals surface area contributed by atoms with Gasteiger partial charge in [-0.2, -0.15) is 9.50 Å². The van der Waals surface area contributed by atoms with E-state index in [0.29, 0.717) is 12.1 Å². The predicted octanol–water partition coefficient (Wildman–Crippen LogP) is 0.889. The third-order valence-electron chi connectivity index (χ3n) is 2.52. The van der Waals surface area contributed by atoms with Crippen LogP contribution in [0.3, 0.4) is 0 Å². The molecule has 0 bridgehead atoms. The van der Waals surface area contributed by atoms with Crippen molar-refractivity contribution in [3.63, 3.8) is 0 Å². The SMILES string of the molecule is CCC(=O)Nc1nc2nc(C(C)C)cc(=O)n2[nH]1. The van der Waals surface area contributed by atoms with E-state index < -0.39 is 0 Å². The summed E-state index contributed by atoms with van der Waals surface area (Å²) in [6.07, 6.45) is 0.344. The minimum absolute atomic E-state index is 0.146. The molecule has 7 nitrogen and oxygen atoms in total. The van der Waals surface area contributed by atoms with Gasteiger partial charge < -0.3 is 0 Å². The topological polar surface area (TPSA) is 92.2 Å². The maximum atomic E-state index is 11.8. The number of nitrogens with zero attached hydrogens (tertiary/aromatic N) is 3. The molecule has 18 heavy (non-hydrogen) atoms. The maximum absolute atomic E-state index is 11.8. The second-order valence-electron chi connectivity index (χ2n) is 4.28. The Morgan fingerprint density at radius 1 is 1.50 bits per heavy atom. The molecule has 0 radical (unpaired) electrons. The van der Waals surface area contributed by atoms with Crippen LogP contribution in [0, 0.1) is 0 Å². The van der Waals surface area contributed by atoms with Gasteiger partial charge in [0.1, 0.15) is 0 Å². The zero-order valence-corrected chi connectivity index (χ0v) is 10.5. The zero-order valence-electron chi connectivity index (χ0n) is 10.5. The van der Waals surface area contributed by atoms with Crippen LogP contribution in [0.25, 0.3) is 5.78 Å². The molecule has 7 heteroatoms. The first kappa shape index (κ1) is 12.3. The molecule has 2 rings (SSSR count). The molecular formula is C11H15N5O2. The number of nitrogens with one attached hydrogen (secondary N) is 2. The molecule has 0 saturated heterocycles. The van der Waals surface area contributed by atoms with E-state index >= 15 is 0 Å². The molecule has 2 aromatic rings. The fourth-order valence-corrected chi connectivity index (χ4v) is 1.47. The Morgan fingerprint density at radius 3 is 2.83 bits per heavy atom. The number of rotatable bonds is 3. The molecule has 0 spiro atoms. The van der Waals surface area contributed by atoms with Gasteiger partial charge in [0.25, 0.3) is 11.3 Å². The highest BCUT2D eigenvalue weighted by atomic mass is 16.2. The van der Waals surface area contributed by atoms with Crippen LogP contribution >= 0.6 is 0 Å². The Kier molecular flexibility index (Phi) is 3.14. The number of amides is 1. The van der Waals surface area contributed by atoms with E-state index in [1.54, 1.807) is 6.92 Å². The van der Waals surface area contributed by atoms with Crippen molar-refractivity contribution in [2.24, 2.45) is 0 Å². The smallest absolute Gasteiger partial charge is 0.274 e. The lowest BCUT2D eigenvalue weighted by Gasteiger charge is -2.01. The van der Waals surface area contributed by atoms with Gasteiger partial charge in [0.05, 0.1) is 5.69 Å². The summed E-state index contributed by atoms with van der Waals surface area (Å²) >= 11 is 0. The van der Waals surface area contributed by atoms with E-state index in [9.17, 15) is 9.59 Å². The molecule has 0 fully saturated rings. The summed E-state index contributed by atoms with van der Waals surface area (Å²) in [4.78, 5) is 31.4. The summed E-state index contributed by atoms with van der Waals surface area (Å²) in [5.74, 6) is 0.462. The van der Waals surface area contributed by atoms with E-state index in [0.717, 1.165) is 0 Å². The van der Waals surface area contributed by atoms with Crippen molar-refractivity contribution in [3.05, 3.63) is 22.1 Å². The minimum atomic E-state index is -0.242. The van der Waals surface area contributed by atoms with Crippen LogP contribution in [0.5, 0.6) is 0 Å². The van der Waals surface area contributed by atoms with Gasteiger partial charge in [0.15, 0.2) is 0 Å². The monoisotopic (exact) mass is 249 g/mol. The maximum Gasteiger partial charge on any atom is 0.274 e. The van der Waals surface area contributed by atoms with Crippen molar-refractivity contribution in [1.82, 2.24) is 19.6 Å². The van der Waals surface area contributed by atoms with Gasteiger partial charge in [-0.25, -0.2) is 4.98 Å². The van der Waals surface area contributed by atoms with Gasteiger partial charge in [0, 0.05) is 12.5 Å². The summed E-state index contributed by atoms with van der Waals surface area (Å²) < 4.78 is 1.21. The minimum Gasteiger partial charge on any atom is -0.295 e. The van der Waals surface area contributed by atoms with E-state index in [1.807, 2.05) is 13.8 Å². The number of carbonyl (C=O) groups excluding carboxylic acids is 1. The van der Waals surface area contributed by atoms with Crippen LogP contribution in [0.15, 0.2) is 10.9 Å².